The predicted molar refractivity (Wildman–Crippen MR) is 99.6 cm³/mol. The van der Waals surface area contributed by atoms with E-state index >= 15 is 0 Å². The zero-order chi connectivity index (χ0) is 18.9. The maximum absolute atomic E-state index is 13.0. The molecule has 0 radical (unpaired) electrons. The molecule has 0 aromatic heterocycles. The molecule has 0 aliphatic carbocycles. The van der Waals surface area contributed by atoms with Gasteiger partial charge in [0.2, 0.25) is 15.9 Å². The SMILES string of the molecule is C=CC(=O)NC1CCN(S(=O)(=O)c2ccc3c(c2)CCC(C)(C)O3)CC1. The normalized spacial score (nSPS) is 20.7. The molecule has 1 aromatic rings. The number of ether oxygens (including phenoxy) is 1. The number of piperidine rings is 1. The van der Waals surface area contributed by atoms with Crippen molar-refractivity contribution in [3.05, 3.63) is 36.4 Å². The third-order valence-corrected chi connectivity index (χ3v) is 6.93. The fourth-order valence-electron chi connectivity index (χ4n) is 3.45. The molecule has 7 heteroatoms. The first-order valence-electron chi connectivity index (χ1n) is 8.96. The summed E-state index contributed by atoms with van der Waals surface area (Å²) in [5, 5.41) is 2.83. The minimum atomic E-state index is -3.54. The van der Waals surface area contributed by atoms with Crippen molar-refractivity contribution < 1.29 is 17.9 Å². The standard InChI is InChI=1S/C19H26N2O4S/c1-4-18(22)20-15-8-11-21(12-9-15)26(23,24)16-5-6-17-14(13-16)7-10-19(2,3)25-17/h4-6,13,15H,1,7-12H2,2-3H3,(H,20,22). The molecule has 2 heterocycles. The number of carbonyl (C=O) groups excluding carboxylic acids is 1. The molecule has 0 saturated carbocycles. The Bertz CT molecular complexity index is 809. The number of hydrogen-bond acceptors (Lipinski definition) is 4. The number of hydrogen-bond donors (Lipinski definition) is 1. The molecule has 1 saturated heterocycles. The van der Waals surface area contributed by atoms with E-state index in [-0.39, 0.29) is 17.6 Å². The highest BCUT2D eigenvalue weighted by molar-refractivity contribution is 7.89. The van der Waals surface area contributed by atoms with E-state index in [2.05, 4.69) is 11.9 Å². The average molecular weight is 378 g/mol. The zero-order valence-electron chi connectivity index (χ0n) is 15.3. The van der Waals surface area contributed by atoms with Crippen LogP contribution in [0.2, 0.25) is 0 Å². The van der Waals surface area contributed by atoms with E-state index in [0.29, 0.717) is 30.8 Å². The maximum Gasteiger partial charge on any atom is 0.243 e. The molecule has 26 heavy (non-hydrogen) atoms. The van der Waals surface area contributed by atoms with Gasteiger partial charge in [0.05, 0.1) is 4.90 Å². The van der Waals surface area contributed by atoms with Crippen molar-refractivity contribution in [1.29, 1.82) is 0 Å². The Kier molecular flexibility index (Phi) is 5.12. The molecular weight excluding hydrogens is 352 g/mol. The number of aryl methyl sites for hydroxylation is 1. The lowest BCUT2D eigenvalue weighted by Crippen LogP contribution is -2.46. The van der Waals surface area contributed by atoms with E-state index in [0.717, 1.165) is 24.2 Å². The number of amides is 1. The Morgan fingerprint density at radius 3 is 2.69 bits per heavy atom. The molecule has 6 nitrogen and oxygen atoms in total. The number of nitrogens with zero attached hydrogens (tertiary/aromatic N) is 1. The lowest BCUT2D eigenvalue weighted by atomic mass is 9.94. The van der Waals surface area contributed by atoms with E-state index in [9.17, 15) is 13.2 Å². The molecule has 1 amide bonds. The smallest absolute Gasteiger partial charge is 0.243 e. The van der Waals surface area contributed by atoms with Crippen LogP contribution in [-0.2, 0) is 21.2 Å². The van der Waals surface area contributed by atoms with Crippen molar-refractivity contribution >= 4 is 15.9 Å². The van der Waals surface area contributed by atoms with Crippen molar-refractivity contribution in [2.75, 3.05) is 13.1 Å². The third kappa shape index (κ3) is 3.94. The van der Waals surface area contributed by atoms with Gasteiger partial charge in [-0.15, -0.1) is 0 Å². The van der Waals surface area contributed by atoms with Crippen LogP contribution in [0.1, 0.15) is 38.7 Å². The highest BCUT2D eigenvalue weighted by atomic mass is 32.2. The third-order valence-electron chi connectivity index (χ3n) is 5.04. The van der Waals surface area contributed by atoms with Crippen LogP contribution in [-0.4, -0.2) is 43.4 Å². The fourth-order valence-corrected chi connectivity index (χ4v) is 4.97. The summed E-state index contributed by atoms with van der Waals surface area (Å²) in [6, 6.07) is 5.12. The number of benzene rings is 1. The minimum absolute atomic E-state index is 0.00823. The van der Waals surface area contributed by atoms with Crippen LogP contribution in [0, 0.1) is 0 Å². The molecular formula is C19H26N2O4S. The molecule has 0 spiro atoms. The van der Waals surface area contributed by atoms with Crippen LogP contribution >= 0.6 is 0 Å². The van der Waals surface area contributed by atoms with Gasteiger partial charge < -0.3 is 10.1 Å². The molecule has 2 aliphatic rings. The molecule has 0 bridgehead atoms. The largest absolute Gasteiger partial charge is 0.488 e. The van der Waals surface area contributed by atoms with E-state index in [1.807, 2.05) is 13.8 Å². The van der Waals surface area contributed by atoms with Gasteiger partial charge in [-0.3, -0.25) is 4.79 Å². The fraction of sp³-hybridized carbons (Fsp3) is 0.526. The first-order valence-corrected chi connectivity index (χ1v) is 10.4. The Morgan fingerprint density at radius 2 is 2.04 bits per heavy atom. The lowest BCUT2D eigenvalue weighted by molar-refractivity contribution is -0.117. The topological polar surface area (TPSA) is 75.7 Å². The van der Waals surface area contributed by atoms with Gasteiger partial charge in [0, 0.05) is 19.1 Å². The van der Waals surface area contributed by atoms with Crippen LogP contribution in [0.4, 0.5) is 0 Å². The van der Waals surface area contributed by atoms with Gasteiger partial charge in [0.25, 0.3) is 0 Å². The Hall–Kier alpha value is -1.86. The van der Waals surface area contributed by atoms with Crippen molar-refractivity contribution in [3.63, 3.8) is 0 Å². The van der Waals surface area contributed by atoms with Gasteiger partial charge >= 0.3 is 0 Å². The second kappa shape index (κ2) is 7.04. The maximum atomic E-state index is 13.0. The summed E-state index contributed by atoms with van der Waals surface area (Å²) >= 11 is 0. The second-order valence-corrected chi connectivity index (χ2v) is 9.46. The van der Waals surface area contributed by atoms with Gasteiger partial charge in [-0.1, -0.05) is 6.58 Å². The van der Waals surface area contributed by atoms with E-state index in [4.69, 9.17) is 4.74 Å². The van der Waals surface area contributed by atoms with Gasteiger partial charge in [0.15, 0.2) is 0 Å². The van der Waals surface area contributed by atoms with Crippen molar-refractivity contribution in [2.45, 2.75) is 56.1 Å². The number of sulfonamides is 1. The highest BCUT2D eigenvalue weighted by Gasteiger charge is 2.32. The number of carbonyl (C=O) groups is 1. The predicted octanol–water partition coefficient (Wildman–Crippen LogP) is 2.25. The molecule has 0 unspecified atom stereocenters. The first-order chi connectivity index (χ1) is 12.2. The average Bonchev–Trinajstić information content (AvgIpc) is 2.60. The minimum Gasteiger partial charge on any atom is -0.488 e. The van der Waals surface area contributed by atoms with Crippen molar-refractivity contribution in [2.24, 2.45) is 0 Å². The van der Waals surface area contributed by atoms with Crippen LogP contribution in [0.25, 0.3) is 0 Å². The summed E-state index contributed by atoms with van der Waals surface area (Å²) in [4.78, 5) is 11.7. The first kappa shape index (κ1) is 18.9. The van der Waals surface area contributed by atoms with Crippen LogP contribution in [0.5, 0.6) is 5.75 Å². The van der Waals surface area contributed by atoms with Crippen LogP contribution in [0.3, 0.4) is 0 Å². The van der Waals surface area contributed by atoms with E-state index in [1.54, 1.807) is 18.2 Å². The number of rotatable bonds is 4. The Balaban J connectivity index is 1.71. The van der Waals surface area contributed by atoms with Gasteiger partial charge in [-0.25, -0.2) is 8.42 Å². The summed E-state index contributed by atoms with van der Waals surface area (Å²) in [7, 11) is -3.54. The Labute approximate surface area is 155 Å². The summed E-state index contributed by atoms with van der Waals surface area (Å²) in [5.41, 5.74) is 0.726. The molecule has 1 N–H and O–H groups in total. The monoisotopic (exact) mass is 378 g/mol. The van der Waals surface area contributed by atoms with Gasteiger partial charge in [-0.05, 0) is 69.4 Å². The summed E-state index contributed by atoms with van der Waals surface area (Å²) in [5.74, 6) is 0.551. The van der Waals surface area contributed by atoms with Gasteiger partial charge in [0.1, 0.15) is 11.4 Å². The molecule has 3 rings (SSSR count). The van der Waals surface area contributed by atoms with Crippen LogP contribution < -0.4 is 10.1 Å². The molecule has 142 valence electrons. The van der Waals surface area contributed by atoms with E-state index in [1.165, 1.54) is 10.4 Å². The number of fused-ring (bicyclic) bond motifs is 1. The summed E-state index contributed by atoms with van der Waals surface area (Å²) in [6.45, 7) is 8.30. The van der Waals surface area contributed by atoms with Crippen LogP contribution in [0.15, 0.2) is 35.7 Å². The molecule has 0 atom stereocenters. The quantitative estimate of drug-likeness (QED) is 0.816. The molecule has 1 aromatic carbocycles. The highest BCUT2D eigenvalue weighted by Crippen LogP contribution is 2.35. The second-order valence-electron chi connectivity index (χ2n) is 7.52. The zero-order valence-corrected chi connectivity index (χ0v) is 16.1. The summed E-state index contributed by atoms with van der Waals surface area (Å²) in [6.07, 6.45) is 4.10. The number of nitrogens with one attached hydrogen (secondary N) is 1. The van der Waals surface area contributed by atoms with Crippen molar-refractivity contribution in [3.8, 4) is 5.75 Å². The van der Waals surface area contributed by atoms with Crippen molar-refractivity contribution in [1.82, 2.24) is 9.62 Å². The summed E-state index contributed by atoms with van der Waals surface area (Å²) < 4.78 is 33.4. The van der Waals surface area contributed by atoms with E-state index < -0.39 is 10.0 Å². The van der Waals surface area contributed by atoms with Gasteiger partial charge in [-0.2, -0.15) is 4.31 Å². The molecule has 2 aliphatic heterocycles. The lowest BCUT2D eigenvalue weighted by Gasteiger charge is -2.34. The molecule has 1 fully saturated rings. The Morgan fingerprint density at radius 1 is 1.35 bits per heavy atom.